The number of unbranched alkanes of at least 4 members (excludes halogenated alkanes) is 1. The summed E-state index contributed by atoms with van der Waals surface area (Å²) < 4.78 is 1.74. The number of aryl methyl sites for hydroxylation is 1. The molecule has 128 valence electrons. The third-order valence-corrected chi connectivity index (χ3v) is 3.49. The van der Waals surface area contributed by atoms with Crippen molar-refractivity contribution in [3.8, 4) is 0 Å². The minimum absolute atomic E-state index is 0.0516. The van der Waals surface area contributed by atoms with E-state index in [0.717, 1.165) is 44.1 Å². The van der Waals surface area contributed by atoms with Crippen molar-refractivity contribution < 1.29 is 0 Å². The Balaban J connectivity index is 1.73. The molecule has 0 saturated carbocycles. The van der Waals surface area contributed by atoms with E-state index < -0.39 is 0 Å². The second-order valence-corrected chi connectivity index (χ2v) is 5.38. The lowest BCUT2D eigenvalue weighted by atomic mass is 10.3. The number of hydrogen-bond donors (Lipinski definition) is 2. The van der Waals surface area contributed by atoms with Gasteiger partial charge in [-0.1, -0.05) is 12.1 Å². The van der Waals surface area contributed by atoms with Crippen LogP contribution in [0.2, 0.25) is 0 Å². The quantitative estimate of drug-likeness (QED) is 0.440. The zero-order valence-electron chi connectivity index (χ0n) is 14.1. The molecule has 0 unspecified atom stereocenters. The molecule has 6 heteroatoms. The van der Waals surface area contributed by atoms with Crippen LogP contribution in [-0.2, 0) is 13.1 Å². The molecule has 0 spiro atoms. The van der Waals surface area contributed by atoms with Crippen molar-refractivity contribution in [3.63, 3.8) is 0 Å². The van der Waals surface area contributed by atoms with Crippen molar-refractivity contribution in [2.75, 3.05) is 13.1 Å². The van der Waals surface area contributed by atoms with Crippen molar-refractivity contribution in [2.24, 2.45) is 4.99 Å². The lowest BCUT2D eigenvalue weighted by Gasteiger charge is -2.11. The number of hydrogen-bond acceptors (Lipinski definition) is 3. The van der Waals surface area contributed by atoms with Gasteiger partial charge in [0.25, 0.3) is 0 Å². The summed E-state index contributed by atoms with van der Waals surface area (Å²) >= 11 is 0. The molecule has 6 nitrogen and oxygen atoms in total. The highest BCUT2D eigenvalue weighted by Gasteiger charge is 1.98. The fourth-order valence-corrected chi connectivity index (χ4v) is 2.25. The molecule has 0 fully saturated rings. The van der Waals surface area contributed by atoms with Gasteiger partial charge in [-0.15, -0.1) is 0 Å². The van der Waals surface area contributed by atoms with Crippen LogP contribution >= 0.6 is 0 Å². The first-order chi connectivity index (χ1) is 11.8. The van der Waals surface area contributed by atoms with E-state index >= 15 is 0 Å². The van der Waals surface area contributed by atoms with Crippen LogP contribution in [0.3, 0.4) is 0 Å². The second kappa shape index (κ2) is 10.2. The van der Waals surface area contributed by atoms with Crippen LogP contribution in [-0.4, -0.2) is 28.6 Å². The van der Waals surface area contributed by atoms with Crippen LogP contribution in [0.1, 0.15) is 25.5 Å². The normalized spacial score (nSPS) is 11.3. The molecule has 2 N–H and O–H groups in total. The first-order valence-corrected chi connectivity index (χ1v) is 8.37. The smallest absolute Gasteiger partial charge is 0.250 e. The Morgan fingerprint density at radius 1 is 1.17 bits per heavy atom. The van der Waals surface area contributed by atoms with E-state index in [1.807, 2.05) is 37.4 Å². The predicted octanol–water partition coefficient (Wildman–Crippen LogP) is 1.78. The second-order valence-electron chi connectivity index (χ2n) is 5.38. The average Bonchev–Trinajstić information content (AvgIpc) is 2.61. The monoisotopic (exact) mass is 327 g/mol. The number of aliphatic imine (C=N–C) groups is 1. The summed E-state index contributed by atoms with van der Waals surface area (Å²) in [7, 11) is 0. The summed E-state index contributed by atoms with van der Waals surface area (Å²) in [6.07, 6.45) is 5.51. The molecule has 0 bridgehead atoms. The Hall–Kier alpha value is -2.63. The molecule has 2 aromatic heterocycles. The molecular weight excluding hydrogens is 302 g/mol. The molecule has 0 aliphatic heterocycles. The molecule has 0 atom stereocenters. The van der Waals surface area contributed by atoms with Crippen molar-refractivity contribution in [2.45, 2.75) is 32.9 Å². The summed E-state index contributed by atoms with van der Waals surface area (Å²) in [5, 5.41) is 6.54. The van der Waals surface area contributed by atoms with Gasteiger partial charge in [0.05, 0.1) is 12.2 Å². The summed E-state index contributed by atoms with van der Waals surface area (Å²) in [5.41, 5.74) is 0.994. The minimum atomic E-state index is 0.0516. The zero-order valence-corrected chi connectivity index (χ0v) is 14.1. The van der Waals surface area contributed by atoms with E-state index in [1.165, 1.54) is 0 Å². The van der Waals surface area contributed by atoms with Gasteiger partial charge in [-0.25, -0.2) is 4.99 Å². The Labute approximate surface area is 142 Å². The SMILES string of the molecule is CCNC(=NCc1ccccn1)NCCCCn1ccccc1=O. The molecule has 24 heavy (non-hydrogen) atoms. The first-order valence-electron chi connectivity index (χ1n) is 8.37. The van der Waals surface area contributed by atoms with Crippen LogP contribution in [0.15, 0.2) is 58.6 Å². The van der Waals surface area contributed by atoms with Crippen LogP contribution in [0.4, 0.5) is 0 Å². The molecule has 0 aliphatic rings. The number of guanidine groups is 1. The minimum Gasteiger partial charge on any atom is -0.357 e. The predicted molar refractivity (Wildman–Crippen MR) is 97.0 cm³/mol. The Morgan fingerprint density at radius 3 is 2.79 bits per heavy atom. The van der Waals surface area contributed by atoms with Gasteiger partial charge in [-0.05, 0) is 38.0 Å². The first kappa shape index (κ1) is 17.7. The van der Waals surface area contributed by atoms with Gasteiger partial charge < -0.3 is 15.2 Å². The number of pyridine rings is 2. The Morgan fingerprint density at radius 2 is 2.04 bits per heavy atom. The molecule has 2 rings (SSSR count). The zero-order chi connectivity index (χ0) is 17.0. The molecule has 0 amide bonds. The van der Waals surface area contributed by atoms with Crippen LogP contribution in [0.25, 0.3) is 0 Å². The maximum atomic E-state index is 11.6. The highest BCUT2D eigenvalue weighted by atomic mass is 16.1. The summed E-state index contributed by atoms with van der Waals surface area (Å²) in [5.74, 6) is 0.792. The standard InChI is InChI=1S/C18H25N5O/c1-2-19-18(22-15-16-9-3-5-11-20-16)21-12-6-8-14-23-13-7-4-10-17(23)24/h3-5,7,9-11,13H,2,6,8,12,14-15H2,1H3,(H2,19,21,22). The van der Waals surface area contributed by atoms with Crippen LogP contribution < -0.4 is 16.2 Å². The third-order valence-electron chi connectivity index (χ3n) is 3.49. The molecule has 0 radical (unpaired) electrons. The van der Waals surface area contributed by atoms with Crippen molar-refractivity contribution >= 4 is 5.96 Å². The molecule has 2 heterocycles. The summed E-state index contributed by atoms with van der Waals surface area (Å²) in [6.45, 7) is 4.96. The van der Waals surface area contributed by atoms with Crippen molar-refractivity contribution in [1.29, 1.82) is 0 Å². The highest BCUT2D eigenvalue weighted by molar-refractivity contribution is 5.79. The van der Waals surface area contributed by atoms with Gasteiger partial charge in [0.15, 0.2) is 5.96 Å². The van der Waals surface area contributed by atoms with Gasteiger partial charge in [-0.3, -0.25) is 9.78 Å². The number of rotatable bonds is 8. The van der Waals surface area contributed by atoms with Gasteiger partial charge in [-0.2, -0.15) is 0 Å². The Kier molecular flexibility index (Phi) is 7.53. The molecule has 0 aliphatic carbocycles. The topological polar surface area (TPSA) is 71.3 Å². The molecule has 0 saturated heterocycles. The van der Waals surface area contributed by atoms with Crippen molar-refractivity contribution in [1.82, 2.24) is 20.2 Å². The number of nitrogens with zero attached hydrogens (tertiary/aromatic N) is 3. The summed E-state index contributed by atoms with van der Waals surface area (Å²) in [6, 6.07) is 11.1. The van der Waals surface area contributed by atoms with Crippen LogP contribution in [0, 0.1) is 0 Å². The van der Waals surface area contributed by atoms with E-state index in [-0.39, 0.29) is 5.56 Å². The van der Waals surface area contributed by atoms with E-state index in [0.29, 0.717) is 6.54 Å². The van der Waals surface area contributed by atoms with Crippen molar-refractivity contribution in [3.05, 3.63) is 64.8 Å². The van der Waals surface area contributed by atoms with E-state index in [1.54, 1.807) is 22.9 Å². The van der Waals surface area contributed by atoms with E-state index in [9.17, 15) is 4.79 Å². The largest absolute Gasteiger partial charge is 0.357 e. The Bertz CT molecular complexity index is 681. The van der Waals surface area contributed by atoms with Gasteiger partial charge in [0, 0.05) is 38.1 Å². The molecule has 0 aromatic carbocycles. The maximum absolute atomic E-state index is 11.6. The van der Waals surface area contributed by atoms with E-state index in [4.69, 9.17) is 0 Å². The fourth-order valence-electron chi connectivity index (χ4n) is 2.25. The van der Waals surface area contributed by atoms with Gasteiger partial charge in [0.1, 0.15) is 0 Å². The van der Waals surface area contributed by atoms with Gasteiger partial charge in [0.2, 0.25) is 5.56 Å². The maximum Gasteiger partial charge on any atom is 0.250 e. The van der Waals surface area contributed by atoms with Crippen LogP contribution in [0.5, 0.6) is 0 Å². The number of nitrogens with one attached hydrogen (secondary N) is 2. The van der Waals surface area contributed by atoms with E-state index in [2.05, 4.69) is 20.6 Å². The number of aromatic nitrogens is 2. The molecular formula is C18H25N5O. The fraction of sp³-hybridized carbons (Fsp3) is 0.389. The lowest BCUT2D eigenvalue weighted by Crippen LogP contribution is -2.37. The molecule has 2 aromatic rings. The third kappa shape index (κ3) is 6.24. The average molecular weight is 327 g/mol. The lowest BCUT2D eigenvalue weighted by molar-refractivity contribution is 0.585. The highest BCUT2D eigenvalue weighted by Crippen LogP contribution is 1.96. The van der Waals surface area contributed by atoms with Gasteiger partial charge >= 0.3 is 0 Å². The summed E-state index contributed by atoms with van der Waals surface area (Å²) in [4.78, 5) is 20.4.